The summed E-state index contributed by atoms with van der Waals surface area (Å²) in [6, 6.07) is 6.38. The normalized spacial score (nSPS) is 25.8. The van der Waals surface area contributed by atoms with Crippen molar-refractivity contribution in [2.75, 3.05) is 13.1 Å². The highest BCUT2D eigenvalue weighted by atomic mass is 19.1. The largest absolute Gasteiger partial charge is 0.393 e. The van der Waals surface area contributed by atoms with Gasteiger partial charge in [0.15, 0.2) is 0 Å². The fourth-order valence-corrected chi connectivity index (χ4v) is 2.92. The highest BCUT2D eigenvalue weighted by Crippen LogP contribution is 2.46. The van der Waals surface area contributed by atoms with Gasteiger partial charge in [-0.15, -0.1) is 0 Å². The van der Waals surface area contributed by atoms with Gasteiger partial charge in [0.05, 0.1) is 11.5 Å². The minimum atomic E-state index is -0.878. The summed E-state index contributed by atoms with van der Waals surface area (Å²) >= 11 is 0. The highest BCUT2D eigenvalue weighted by Gasteiger charge is 2.53. The zero-order valence-corrected chi connectivity index (χ0v) is 11.4. The van der Waals surface area contributed by atoms with Crippen LogP contribution in [0.5, 0.6) is 0 Å². The van der Waals surface area contributed by atoms with Crippen LogP contribution in [0.2, 0.25) is 0 Å². The number of hydrogen-bond donors (Lipinski definition) is 1. The lowest BCUT2D eigenvalue weighted by Gasteiger charge is -2.46. The zero-order chi connectivity index (χ0) is 14.0. The number of aliphatic hydroxyl groups excluding tert-OH is 1. The first-order chi connectivity index (χ1) is 9.05. The van der Waals surface area contributed by atoms with Crippen molar-refractivity contribution in [3.63, 3.8) is 0 Å². The van der Waals surface area contributed by atoms with E-state index in [1.54, 1.807) is 23.1 Å². The van der Waals surface area contributed by atoms with E-state index in [1.165, 1.54) is 6.07 Å². The van der Waals surface area contributed by atoms with Crippen molar-refractivity contribution < 1.29 is 14.3 Å². The molecule has 0 bridgehead atoms. The minimum Gasteiger partial charge on any atom is -0.393 e. The van der Waals surface area contributed by atoms with Gasteiger partial charge in [0.1, 0.15) is 5.82 Å². The summed E-state index contributed by atoms with van der Waals surface area (Å²) < 4.78 is 14.0. The molecule has 1 saturated carbocycles. The molecule has 0 saturated heterocycles. The standard InChI is InChI=1S/C15H20FNO2/c1-3-17(4-2)14(19)15(9-11(18)10-15)12-7-5-6-8-13(12)16/h5-8,11,18H,3-4,9-10H2,1-2H3/t11-,15+. The first-order valence-corrected chi connectivity index (χ1v) is 6.77. The van der Waals surface area contributed by atoms with Crippen LogP contribution < -0.4 is 0 Å². The van der Waals surface area contributed by atoms with Gasteiger partial charge < -0.3 is 10.0 Å². The molecule has 0 unspecified atom stereocenters. The monoisotopic (exact) mass is 265 g/mol. The van der Waals surface area contributed by atoms with E-state index in [9.17, 15) is 14.3 Å². The molecule has 3 nitrogen and oxygen atoms in total. The Bertz CT molecular complexity index is 465. The molecule has 0 aliphatic heterocycles. The Hall–Kier alpha value is -1.42. The van der Waals surface area contributed by atoms with Crippen molar-refractivity contribution in [1.29, 1.82) is 0 Å². The second-order valence-corrected chi connectivity index (χ2v) is 5.10. The summed E-state index contributed by atoms with van der Waals surface area (Å²) in [7, 11) is 0. The topological polar surface area (TPSA) is 40.5 Å². The lowest BCUT2D eigenvalue weighted by atomic mass is 9.61. The first kappa shape index (κ1) is 14.0. The lowest BCUT2D eigenvalue weighted by molar-refractivity contribution is -0.146. The number of rotatable bonds is 4. The summed E-state index contributed by atoms with van der Waals surface area (Å²) in [5.41, 5.74) is -0.464. The number of amides is 1. The predicted molar refractivity (Wildman–Crippen MR) is 71.2 cm³/mol. The van der Waals surface area contributed by atoms with Gasteiger partial charge in [0.2, 0.25) is 5.91 Å². The molecular formula is C15H20FNO2. The number of halogens is 1. The quantitative estimate of drug-likeness (QED) is 0.905. The lowest BCUT2D eigenvalue weighted by Crippen LogP contribution is -2.56. The summed E-state index contributed by atoms with van der Waals surface area (Å²) in [6.45, 7) is 5.01. The number of carbonyl (C=O) groups excluding carboxylic acids is 1. The molecule has 2 rings (SSSR count). The van der Waals surface area contributed by atoms with Crippen LogP contribution in [0.1, 0.15) is 32.3 Å². The second kappa shape index (κ2) is 5.29. The van der Waals surface area contributed by atoms with Crippen molar-refractivity contribution in [2.45, 2.75) is 38.2 Å². The molecule has 0 heterocycles. The average molecular weight is 265 g/mol. The Labute approximate surface area is 113 Å². The molecule has 0 atom stereocenters. The van der Waals surface area contributed by atoms with Crippen molar-refractivity contribution in [3.8, 4) is 0 Å². The fourth-order valence-electron chi connectivity index (χ4n) is 2.92. The highest BCUT2D eigenvalue weighted by molar-refractivity contribution is 5.89. The fraction of sp³-hybridized carbons (Fsp3) is 0.533. The van der Waals surface area contributed by atoms with Gasteiger partial charge in [0, 0.05) is 18.7 Å². The van der Waals surface area contributed by atoms with E-state index in [1.807, 2.05) is 13.8 Å². The van der Waals surface area contributed by atoms with E-state index in [0.29, 0.717) is 31.5 Å². The van der Waals surface area contributed by atoms with Crippen LogP contribution in [0, 0.1) is 5.82 Å². The molecule has 1 aromatic carbocycles. The van der Waals surface area contributed by atoms with E-state index in [0.717, 1.165) is 0 Å². The number of carbonyl (C=O) groups is 1. The molecule has 0 radical (unpaired) electrons. The Kier molecular flexibility index (Phi) is 3.90. The molecule has 0 spiro atoms. The van der Waals surface area contributed by atoms with Crippen LogP contribution in [0.4, 0.5) is 4.39 Å². The summed E-state index contributed by atoms with van der Waals surface area (Å²) in [6.07, 6.45) is 0.103. The van der Waals surface area contributed by atoms with Crippen molar-refractivity contribution in [1.82, 2.24) is 4.90 Å². The van der Waals surface area contributed by atoms with Gasteiger partial charge in [-0.1, -0.05) is 18.2 Å². The maximum Gasteiger partial charge on any atom is 0.233 e. The van der Waals surface area contributed by atoms with E-state index in [2.05, 4.69) is 0 Å². The zero-order valence-electron chi connectivity index (χ0n) is 11.4. The summed E-state index contributed by atoms with van der Waals surface area (Å²) in [5.74, 6) is -0.442. The Morgan fingerprint density at radius 3 is 2.42 bits per heavy atom. The average Bonchev–Trinajstić information content (AvgIpc) is 2.37. The number of hydrogen-bond acceptors (Lipinski definition) is 2. The second-order valence-electron chi connectivity index (χ2n) is 5.10. The Morgan fingerprint density at radius 2 is 1.95 bits per heavy atom. The third kappa shape index (κ3) is 2.25. The van der Waals surface area contributed by atoms with Crippen LogP contribution in [-0.4, -0.2) is 35.1 Å². The van der Waals surface area contributed by atoms with Gasteiger partial charge in [-0.3, -0.25) is 4.79 Å². The summed E-state index contributed by atoms with van der Waals surface area (Å²) in [5, 5.41) is 9.62. The van der Waals surface area contributed by atoms with Crippen LogP contribution in [0.25, 0.3) is 0 Å². The first-order valence-electron chi connectivity index (χ1n) is 6.77. The number of benzene rings is 1. The molecule has 104 valence electrons. The predicted octanol–water partition coefficient (Wildman–Crippen LogP) is 2.09. The molecule has 19 heavy (non-hydrogen) atoms. The Balaban J connectivity index is 2.39. The van der Waals surface area contributed by atoms with E-state index in [-0.39, 0.29) is 11.7 Å². The summed E-state index contributed by atoms with van der Waals surface area (Å²) in [4.78, 5) is 14.4. The molecule has 1 aliphatic carbocycles. The van der Waals surface area contributed by atoms with Gasteiger partial charge in [0.25, 0.3) is 0 Å². The minimum absolute atomic E-state index is 0.0760. The third-order valence-corrected chi connectivity index (χ3v) is 4.02. The van der Waals surface area contributed by atoms with E-state index < -0.39 is 11.5 Å². The molecule has 1 fully saturated rings. The Morgan fingerprint density at radius 1 is 1.37 bits per heavy atom. The van der Waals surface area contributed by atoms with E-state index >= 15 is 0 Å². The molecule has 1 amide bonds. The molecule has 1 aromatic rings. The van der Waals surface area contributed by atoms with Gasteiger partial charge >= 0.3 is 0 Å². The molecule has 1 N–H and O–H groups in total. The molecule has 1 aliphatic rings. The van der Waals surface area contributed by atoms with Gasteiger partial charge in [-0.2, -0.15) is 0 Å². The van der Waals surface area contributed by atoms with Crippen LogP contribution >= 0.6 is 0 Å². The molecule has 0 aromatic heterocycles. The van der Waals surface area contributed by atoms with E-state index in [4.69, 9.17) is 0 Å². The van der Waals surface area contributed by atoms with Crippen molar-refractivity contribution in [3.05, 3.63) is 35.6 Å². The number of likely N-dealkylation sites (N-methyl/N-ethyl adjacent to an activating group) is 1. The number of nitrogens with zero attached hydrogens (tertiary/aromatic N) is 1. The third-order valence-electron chi connectivity index (χ3n) is 4.02. The van der Waals surface area contributed by atoms with Crippen LogP contribution in [0.15, 0.2) is 24.3 Å². The molecule has 4 heteroatoms. The maximum absolute atomic E-state index is 14.0. The van der Waals surface area contributed by atoms with Gasteiger partial charge in [-0.25, -0.2) is 4.39 Å². The smallest absolute Gasteiger partial charge is 0.233 e. The van der Waals surface area contributed by atoms with Crippen LogP contribution in [0.3, 0.4) is 0 Å². The molecular weight excluding hydrogens is 245 g/mol. The van der Waals surface area contributed by atoms with Gasteiger partial charge in [-0.05, 0) is 32.8 Å². The van der Waals surface area contributed by atoms with Crippen molar-refractivity contribution in [2.24, 2.45) is 0 Å². The van der Waals surface area contributed by atoms with Crippen LogP contribution in [-0.2, 0) is 10.2 Å². The van der Waals surface area contributed by atoms with Crippen molar-refractivity contribution >= 4 is 5.91 Å². The number of aliphatic hydroxyl groups is 1. The maximum atomic E-state index is 14.0. The SMILES string of the molecule is CCN(CC)C(=O)[C@]1(c2ccccc2F)C[C@H](O)C1.